The van der Waals surface area contributed by atoms with Crippen LogP contribution in [-0.2, 0) is 0 Å². The van der Waals surface area contributed by atoms with Gasteiger partial charge in [0.2, 0.25) is 6.43 Å². The summed E-state index contributed by atoms with van der Waals surface area (Å²) in [6.07, 6.45) is -4.41. The maximum atomic E-state index is 15.2. The molecule has 0 saturated carbocycles. The van der Waals surface area contributed by atoms with Gasteiger partial charge in [-0.2, -0.15) is 0 Å². The first-order valence-corrected chi connectivity index (χ1v) is 7.20. The summed E-state index contributed by atoms with van der Waals surface area (Å²) in [4.78, 5) is 0. The number of rotatable bonds is 8. The zero-order chi connectivity index (χ0) is 16.4. The molecule has 0 saturated heterocycles. The highest BCUT2D eigenvalue weighted by Gasteiger charge is 2.69. The first-order chi connectivity index (χ1) is 8.85. The van der Waals surface area contributed by atoms with Crippen LogP contribution in [0.5, 0.6) is 0 Å². The normalized spacial score (nSPS) is 17.4. The average molecular weight is 302 g/mol. The molecule has 0 heterocycles. The summed E-state index contributed by atoms with van der Waals surface area (Å²) in [5.74, 6) is -3.82. The fraction of sp³-hybridized carbons (Fsp3) is 1.00. The van der Waals surface area contributed by atoms with Gasteiger partial charge in [-0.25, -0.2) is 22.0 Å². The van der Waals surface area contributed by atoms with Gasteiger partial charge in [-0.1, -0.05) is 41.5 Å². The molecule has 0 bridgehead atoms. The third-order valence-corrected chi connectivity index (χ3v) is 5.21. The molecule has 0 radical (unpaired) electrons. The van der Waals surface area contributed by atoms with Crippen molar-refractivity contribution in [3.05, 3.63) is 0 Å². The van der Waals surface area contributed by atoms with E-state index in [-0.39, 0.29) is 19.3 Å². The quantitative estimate of drug-likeness (QED) is 0.465. The Hall–Kier alpha value is -0.350. The lowest BCUT2D eigenvalue weighted by Gasteiger charge is -2.51. The van der Waals surface area contributed by atoms with E-state index in [1.54, 1.807) is 20.8 Å². The molecule has 0 amide bonds. The second-order valence-electron chi connectivity index (χ2n) is 6.48. The first-order valence-electron chi connectivity index (χ1n) is 7.20. The second-order valence-corrected chi connectivity index (χ2v) is 6.48. The largest absolute Gasteiger partial charge is 0.287 e. The summed E-state index contributed by atoms with van der Waals surface area (Å²) in [5, 5.41) is 0. The van der Waals surface area contributed by atoms with Gasteiger partial charge >= 0.3 is 0 Å². The predicted molar refractivity (Wildman–Crippen MR) is 72.2 cm³/mol. The molecule has 0 aliphatic heterocycles. The van der Waals surface area contributed by atoms with Crippen molar-refractivity contribution in [2.24, 2.45) is 10.8 Å². The Balaban J connectivity index is 6.00. The molecule has 1 atom stereocenters. The third-order valence-electron chi connectivity index (χ3n) is 5.21. The summed E-state index contributed by atoms with van der Waals surface area (Å²) in [5.41, 5.74) is -6.40. The summed E-state index contributed by atoms with van der Waals surface area (Å²) >= 11 is 0. The molecule has 1 unspecified atom stereocenters. The van der Waals surface area contributed by atoms with Crippen LogP contribution in [0.3, 0.4) is 0 Å². The number of hydrogen-bond acceptors (Lipinski definition) is 0. The van der Waals surface area contributed by atoms with Crippen molar-refractivity contribution >= 4 is 0 Å². The fourth-order valence-electron chi connectivity index (χ4n) is 2.49. The van der Waals surface area contributed by atoms with Gasteiger partial charge in [0, 0.05) is 17.3 Å². The van der Waals surface area contributed by atoms with Crippen molar-refractivity contribution < 1.29 is 22.0 Å². The van der Waals surface area contributed by atoms with E-state index in [1.165, 1.54) is 20.8 Å². The van der Waals surface area contributed by atoms with E-state index in [2.05, 4.69) is 0 Å². The lowest BCUT2D eigenvalue weighted by Crippen LogP contribution is -2.62. The summed E-state index contributed by atoms with van der Waals surface area (Å²) < 4.78 is 70.5. The molecule has 20 heavy (non-hydrogen) atoms. The van der Waals surface area contributed by atoms with E-state index in [0.29, 0.717) is 0 Å². The molecular weight excluding hydrogens is 275 g/mol. The highest BCUT2D eigenvalue weighted by atomic mass is 19.3. The van der Waals surface area contributed by atoms with Crippen LogP contribution in [0.2, 0.25) is 0 Å². The predicted octanol–water partition coefficient (Wildman–Crippen LogP) is 6.25. The van der Waals surface area contributed by atoms with Crippen LogP contribution >= 0.6 is 0 Å². The van der Waals surface area contributed by atoms with Gasteiger partial charge in [0.15, 0.2) is 5.67 Å². The van der Waals surface area contributed by atoms with Gasteiger partial charge in [-0.3, -0.25) is 0 Å². The van der Waals surface area contributed by atoms with E-state index in [4.69, 9.17) is 0 Å². The average Bonchev–Trinajstić information content (AvgIpc) is 2.36. The zero-order valence-corrected chi connectivity index (χ0v) is 13.3. The van der Waals surface area contributed by atoms with Gasteiger partial charge in [-0.05, 0) is 19.3 Å². The Labute approximate surface area is 119 Å². The van der Waals surface area contributed by atoms with Gasteiger partial charge in [-0.15, -0.1) is 0 Å². The highest BCUT2D eigenvalue weighted by Crippen LogP contribution is 2.59. The third kappa shape index (κ3) is 2.96. The minimum Gasteiger partial charge on any atom is -0.236 e. The van der Waals surface area contributed by atoms with Crippen molar-refractivity contribution in [2.75, 3.05) is 0 Å². The number of halogens is 5. The van der Waals surface area contributed by atoms with E-state index in [0.717, 1.165) is 0 Å². The van der Waals surface area contributed by atoms with Crippen molar-refractivity contribution in [2.45, 2.75) is 85.2 Å². The van der Waals surface area contributed by atoms with Gasteiger partial charge < -0.3 is 0 Å². The molecule has 0 aromatic heterocycles. The molecule has 0 fully saturated rings. The minimum atomic E-state index is -3.82. The van der Waals surface area contributed by atoms with Crippen molar-refractivity contribution in [3.63, 3.8) is 0 Å². The summed E-state index contributed by atoms with van der Waals surface area (Å²) in [6, 6.07) is 0. The molecular formula is C15H27F5. The maximum absolute atomic E-state index is 15.2. The fourth-order valence-corrected chi connectivity index (χ4v) is 2.49. The van der Waals surface area contributed by atoms with E-state index in [9.17, 15) is 17.6 Å². The van der Waals surface area contributed by atoms with Gasteiger partial charge in [0.1, 0.15) is 0 Å². The van der Waals surface area contributed by atoms with E-state index >= 15 is 4.39 Å². The summed E-state index contributed by atoms with van der Waals surface area (Å²) in [7, 11) is 0. The van der Waals surface area contributed by atoms with Crippen molar-refractivity contribution in [1.82, 2.24) is 0 Å². The topological polar surface area (TPSA) is 0 Å². The molecule has 0 spiro atoms. The lowest BCUT2D eigenvalue weighted by molar-refractivity contribution is -0.262. The monoisotopic (exact) mass is 302 g/mol. The van der Waals surface area contributed by atoms with Gasteiger partial charge in [0.05, 0.1) is 0 Å². The van der Waals surface area contributed by atoms with Crippen molar-refractivity contribution in [3.8, 4) is 0 Å². The Bertz CT molecular complexity index is 307. The Kier molecular flexibility index (Phi) is 6.08. The molecule has 0 aliphatic carbocycles. The molecule has 122 valence electrons. The Morgan fingerprint density at radius 3 is 1.45 bits per heavy atom. The second kappa shape index (κ2) is 6.18. The molecule has 0 N–H and O–H groups in total. The van der Waals surface area contributed by atoms with Crippen molar-refractivity contribution in [1.29, 1.82) is 0 Å². The molecule has 0 rings (SSSR count). The zero-order valence-electron chi connectivity index (χ0n) is 13.3. The van der Waals surface area contributed by atoms with E-state index in [1.807, 2.05) is 0 Å². The number of hydrogen-bond donors (Lipinski definition) is 0. The maximum Gasteiger partial charge on any atom is 0.287 e. The smallest absolute Gasteiger partial charge is 0.236 e. The highest BCUT2D eigenvalue weighted by molar-refractivity contribution is 5.09. The molecule has 0 aromatic carbocycles. The van der Waals surface area contributed by atoms with Crippen LogP contribution in [0.25, 0.3) is 0 Å². The van der Waals surface area contributed by atoms with Crippen LogP contribution < -0.4 is 0 Å². The molecule has 0 aromatic rings. The SMILES string of the molecule is CCC(C)(C)C(F)(CC(F)F)C(F)(F)C(C)(CC)CC. The van der Waals surface area contributed by atoms with Crippen LogP contribution in [0.4, 0.5) is 22.0 Å². The summed E-state index contributed by atoms with van der Waals surface area (Å²) in [6.45, 7) is 8.51. The number of alkyl halides is 5. The van der Waals surface area contributed by atoms with E-state index < -0.39 is 35.3 Å². The lowest BCUT2D eigenvalue weighted by atomic mass is 9.61. The first kappa shape index (κ1) is 19.7. The molecule has 5 heteroatoms. The molecule has 0 aliphatic rings. The van der Waals surface area contributed by atoms with Crippen LogP contribution in [0, 0.1) is 10.8 Å². The Morgan fingerprint density at radius 1 is 0.800 bits per heavy atom. The van der Waals surface area contributed by atoms with Gasteiger partial charge in [0.25, 0.3) is 5.92 Å². The minimum absolute atomic E-state index is 0.0329. The molecule has 0 nitrogen and oxygen atoms in total. The van der Waals surface area contributed by atoms with Crippen LogP contribution in [-0.4, -0.2) is 18.0 Å². The van der Waals surface area contributed by atoms with Crippen LogP contribution in [0.1, 0.15) is 67.2 Å². The standard InChI is InChI=1S/C15H27F5/c1-7-12(4,5)14(18,10-11(16)17)15(19,20)13(6,8-2)9-3/h11H,7-10H2,1-6H3. The van der Waals surface area contributed by atoms with Crippen LogP contribution in [0.15, 0.2) is 0 Å². The Morgan fingerprint density at radius 2 is 1.20 bits per heavy atom.